The fraction of sp³-hybridized carbons (Fsp3) is 0.458. The van der Waals surface area contributed by atoms with E-state index in [0.29, 0.717) is 30.4 Å². The van der Waals surface area contributed by atoms with Crippen molar-refractivity contribution in [1.29, 1.82) is 0 Å². The van der Waals surface area contributed by atoms with Gasteiger partial charge in [0.15, 0.2) is 0 Å². The molecule has 0 saturated carbocycles. The first-order valence-corrected chi connectivity index (χ1v) is 11.3. The van der Waals surface area contributed by atoms with Crippen LogP contribution in [0.4, 0.5) is 5.95 Å². The molecule has 4 heterocycles. The Morgan fingerprint density at radius 2 is 1.84 bits per heavy atom. The normalized spacial score (nSPS) is 18.4. The minimum atomic E-state index is 0.0105. The summed E-state index contributed by atoms with van der Waals surface area (Å²) in [6.07, 6.45) is 7.07. The molecule has 0 amide bonds. The van der Waals surface area contributed by atoms with Gasteiger partial charge in [0.25, 0.3) is 5.56 Å². The molecule has 1 N–H and O–H groups in total. The average molecular weight is 420 g/mol. The summed E-state index contributed by atoms with van der Waals surface area (Å²) in [4.78, 5) is 23.2. The molecule has 3 aromatic rings. The Hall–Kier alpha value is -2.77. The number of piperidine rings is 1. The third kappa shape index (κ3) is 4.07. The number of aryl methyl sites for hydroxylation is 1. The topological polar surface area (TPSA) is 72.3 Å². The zero-order valence-corrected chi connectivity index (χ0v) is 18.0. The Bertz CT molecular complexity index is 1130. The third-order valence-corrected chi connectivity index (χ3v) is 6.38. The summed E-state index contributed by atoms with van der Waals surface area (Å²) in [7, 11) is 0. The molecule has 7 nitrogen and oxygen atoms in total. The number of rotatable bonds is 4. The van der Waals surface area contributed by atoms with Gasteiger partial charge < -0.3 is 4.74 Å². The second-order valence-electron chi connectivity index (χ2n) is 8.52. The fourth-order valence-electron chi connectivity index (χ4n) is 4.67. The van der Waals surface area contributed by atoms with E-state index in [0.717, 1.165) is 42.4 Å². The van der Waals surface area contributed by atoms with Crippen molar-refractivity contribution in [3.63, 3.8) is 0 Å². The van der Waals surface area contributed by atoms with Crippen molar-refractivity contribution in [2.24, 2.45) is 0 Å². The summed E-state index contributed by atoms with van der Waals surface area (Å²) < 4.78 is 7.46. The fourth-order valence-corrected chi connectivity index (χ4v) is 4.67. The number of aromatic nitrogens is 3. The maximum absolute atomic E-state index is 13.8. The molecule has 2 aromatic heterocycles. The molecule has 7 heteroatoms. The number of pyridine rings is 1. The lowest BCUT2D eigenvalue weighted by molar-refractivity contribution is 0.0697. The summed E-state index contributed by atoms with van der Waals surface area (Å²) in [6, 6.07) is 10.1. The first kappa shape index (κ1) is 20.2. The van der Waals surface area contributed by atoms with E-state index in [4.69, 9.17) is 9.72 Å². The number of nitrogens with zero attached hydrogens (tertiary/aromatic N) is 4. The van der Waals surface area contributed by atoms with Gasteiger partial charge in [-0.3, -0.25) is 14.8 Å². The maximum Gasteiger partial charge on any atom is 0.260 e. The maximum atomic E-state index is 13.8. The van der Waals surface area contributed by atoms with Crippen LogP contribution in [0.3, 0.4) is 0 Å². The molecule has 0 radical (unpaired) electrons. The highest BCUT2D eigenvalue weighted by Gasteiger charge is 2.23. The molecule has 1 aromatic carbocycles. The van der Waals surface area contributed by atoms with Crippen LogP contribution < -0.4 is 11.0 Å². The Labute approximate surface area is 182 Å². The van der Waals surface area contributed by atoms with Crippen LogP contribution in [0, 0.1) is 6.92 Å². The van der Waals surface area contributed by atoms with Gasteiger partial charge >= 0.3 is 0 Å². The number of hydrazine groups is 1. The molecule has 2 aliphatic rings. The van der Waals surface area contributed by atoms with Crippen molar-refractivity contribution < 1.29 is 4.74 Å². The number of hydrogen-bond acceptors (Lipinski definition) is 6. The molecule has 162 valence electrons. The summed E-state index contributed by atoms with van der Waals surface area (Å²) in [5.41, 5.74) is 6.81. The van der Waals surface area contributed by atoms with Crippen LogP contribution in [0.1, 0.15) is 43.7 Å². The molecule has 2 saturated heterocycles. The van der Waals surface area contributed by atoms with Gasteiger partial charge in [-0.15, -0.1) is 0 Å². The number of benzene rings is 1. The van der Waals surface area contributed by atoms with Gasteiger partial charge in [-0.1, -0.05) is 30.7 Å². The highest BCUT2D eigenvalue weighted by atomic mass is 16.5. The van der Waals surface area contributed by atoms with E-state index in [1.54, 1.807) is 0 Å². The van der Waals surface area contributed by atoms with Gasteiger partial charge in [-0.2, -0.15) is 4.98 Å². The highest BCUT2D eigenvalue weighted by molar-refractivity contribution is 5.82. The van der Waals surface area contributed by atoms with Gasteiger partial charge in [0.05, 0.1) is 0 Å². The Morgan fingerprint density at radius 3 is 2.61 bits per heavy atom. The molecule has 5 rings (SSSR count). The van der Waals surface area contributed by atoms with Crippen LogP contribution in [0.2, 0.25) is 0 Å². The van der Waals surface area contributed by atoms with Crippen molar-refractivity contribution in [3.8, 4) is 11.1 Å². The molecular formula is C24H29N5O2. The molecule has 2 fully saturated rings. The van der Waals surface area contributed by atoms with Crippen molar-refractivity contribution in [1.82, 2.24) is 19.5 Å². The number of ether oxygens (including phenoxy) is 1. The minimum Gasteiger partial charge on any atom is -0.381 e. The molecule has 0 unspecified atom stereocenters. The van der Waals surface area contributed by atoms with Crippen molar-refractivity contribution in [2.45, 2.75) is 45.1 Å². The van der Waals surface area contributed by atoms with Crippen LogP contribution in [-0.4, -0.2) is 45.8 Å². The van der Waals surface area contributed by atoms with E-state index < -0.39 is 0 Å². The number of anilines is 1. The van der Waals surface area contributed by atoms with Crippen LogP contribution in [-0.2, 0) is 4.74 Å². The molecular weight excluding hydrogens is 390 g/mol. The smallest absolute Gasteiger partial charge is 0.260 e. The quantitative estimate of drug-likeness (QED) is 0.691. The zero-order valence-electron chi connectivity index (χ0n) is 18.0. The van der Waals surface area contributed by atoms with Gasteiger partial charge in [-0.05, 0) is 49.8 Å². The van der Waals surface area contributed by atoms with E-state index in [1.807, 2.05) is 48.0 Å². The van der Waals surface area contributed by atoms with Crippen LogP contribution >= 0.6 is 0 Å². The molecule has 0 aliphatic carbocycles. The molecule has 2 aliphatic heterocycles. The largest absolute Gasteiger partial charge is 0.381 e. The van der Waals surface area contributed by atoms with Crippen molar-refractivity contribution in [2.75, 3.05) is 31.7 Å². The second-order valence-corrected chi connectivity index (χ2v) is 8.52. The number of nitrogens with one attached hydrogen (secondary N) is 1. The third-order valence-electron chi connectivity index (χ3n) is 6.38. The Balaban J connectivity index is 1.64. The predicted octanol–water partition coefficient (Wildman–Crippen LogP) is 3.93. The SMILES string of the molecule is Cc1ccccc1-c1cc2cnc(NN3CCCCC3)nc2n(C2CCOCC2)c1=O. The number of hydrogen-bond donors (Lipinski definition) is 1. The standard InChI is InChI=1S/C24H29N5O2/c1-17-7-3-4-8-20(17)21-15-18-16-25-24(27-28-11-5-2-6-12-28)26-22(18)29(23(21)30)19-9-13-31-14-10-19/h3-4,7-8,15-16,19H,2,5-6,9-14H2,1H3,(H,25,26,27). The lowest BCUT2D eigenvalue weighted by atomic mass is 10.00. The van der Waals surface area contributed by atoms with Crippen LogP contribution in [0.25, 0.3) is 22.2 Å². The van der Waals surface area contributed by atoms with Crippen molar-refractivity contribution in [3.05, 3.63) is 52.4 Å². The number of fused-ring (bicyclic) bond motifs is 1. The van der Waals surface area contributed by atoms with Crippen LogP contribution in [0.15, 0.2) is 41.3 Å². The van der Waals surface area contributed by atoms with E-state index in [-0.39, 0.29) is 11.6 Å². The van der Waals surface area contributed by atoms with E-state index in [1.165, 1.54) is 19.3 Å². The summed E-state index contributed by atoms with van der Waals surface area (Å²) >= 11 is 0. The molecule has 0 bridgehead atoms. The minimum absolute atomic E-state index is 0.0105. The van der Waals surface area contributed by atoms with Crippen LogP contribution in [0.5, 0.6) is 0 Å². The molecule has 31 heavy (non-hydrogen) atoms. The molecule has 0 spiro atoms. The lowest BCUT2D eigenvalue weighted by Crippen LogP contribution is -2.36. The lowest BCUT2D eigenvalue weighted by Gasteiger charge is -2.28. The van der Waals surface area contributed by atoms with Gasteiger partial charge in [-0.25, -0.2) is 9.99 Å². The van der Waals surface area contributed by atoms with E-state index in [9.17, 15) is 4.79 Å². The van der Waals surface area contributed by atoms with Gasteiger partial charge in [0.2, 0.25) is 5.95 Å². The second kappa shape index (κ2) is 8.77. The predicted molar refractivity (Wildman–Crippen MR) is 122 cm³/mol. The zero-order chi connectivity index (χ0) is 21.2. The van der Waals surface area contributed by atoms with E-state index >= 15 is 0 Å². The average Bonchev–Trinajstić information content (AvgIpc) is 2.80. The Morgan fingerprint density at radius 1 is 1.06 bits per heavy atom. The summed E-state index contributed by atoms with van der Waals surface area (Å²) in [5, 5.41) is 3.05. The monoisotopic (exact) mass is 419 g/mol. The first-order valence-electron chi connectivity index (χ1n) is 11.3. The van der Waals surface area contributed by atoms with E-state index in [2.05, 4.69) is 15.4 Å². The Kier molecular flexibility index (Phi) is 5.70. The summed E-state index contributed by atoms with van der Waals surface area (Å²) in [5.74, 6) is 0.554. The highest BCUT2D eigenvalue weighted by Crippen LogP contribution is 2.28. The van der Waals surface area contributed by atoms with Crippen molar-refractivity contribution >= 4 is 17.0 Å². The first-order chi connectivity index (χ1) is 15.2. The summed E-state index contributed by atoms with van der Waals surface area (Å²) in [6.45, 7) is 5.34. The van der Waals surface area contributed by atoms with Gasteiger partial charge in [0, 0.05) is 49.5 Å². The molecule has 0 atom stereocenters. The van der Waals surface area contributed by atoms with Gasteiger partial charge in [0.1, 0.15) is 5.65 Å².